The Hall–Kier alpha value is -1.40. The monoisotopic (exact) mass is 433 g/mol. The fourth-order valence-corrected chi connectivity index (χ4v) is 3.60. The summed E-state index contributed by atoms with van der Waals surface area (Å²) in [5.74, 6) is 0.809. The van der Waals surface area contributed by atoms with Crippen molar-refractivity contribution in [1.82, 2.24) is 4.90 Å². The zero-order valence-corrected chi connectivity index (χ0v) is 17.4. The number of benzene rings is 2. The number of rotatable bonds is 8. The lowest BCUT2D eigenvalue weighted by Crippen LogP contribution is -2.43. The number of aliphatic hydroxyl groups excluding tert-OH is 1. The van der Waals surface area contributed by atoms with E-state index in [0.29, 0.717) is 19.8 Å². The van der Waals surface area contributed by atoms with Gasteiger partial charge >= 0.3 is 0 Å². The van der Waals surface area contributed by atoms with Gasteiger partial charge < -0.3 is 14.6 Å². The molecule has 1 aliphatic heterocycles. The lowest BCUT2D eigenvalue weighted by Gasteiger charge is -2.34. The zero-order valence-electron chi connectivity index (χ0n) is 15.8. The third kappa shape index (κ3) is 6.32. The van der Waals surface area contributed by atoms with Gasteiger partial charge in [0.15, 0.2) is 0 Å². The molecule has 0 amide bonds. The molecule has 0 aliphatic carbocycles. The number of β-amino-alcohol motifs (C(OH)–C–C–N with tert-alkyl or cyclic N) is 1. The summed E-state index contributed by atoms with van der Waals surface area (Å²) in [5, 5.41) is 10.4. The van der Waals surface area contributed by atoms with Crippen LogP contribution in [0, 0.1) is 0 Å². The molecule has 1 N–H and O–H groups in total. The Morgan fingerprint density at radius 2 is 1.93 bits per heavy atom. The van der Waals surface area contributed by atoms with Gasteiger partial charge in [-0.25, -0.2) is 0 Å². The minimum Gasteiger partial charge on any atom is -0.491 e. The molecule has 2 aromatic rings. The van der Waals surface area contributed by atoms with Crippen LogP contribution in [0.25, 0.3) is 0 Å². The SMILES string of the molecule is CCCc1ccc(OCC(O)CN2CCOC(c3ccc(Br)cc3)C2)cc1. The van der Waals surface area contributed by atoms with Gasteiger partial charge in [-0.05, 0) is 41.8 Å². The van der Waals surface area contributed by atoms with Crippen LogP contribution in [-0.2, 0) is 11.2 Å². The lowest BCUT2D eigenvalue weighted by molar-refractivity contribution is -0.0459. The summed E-state index contributed by atoms with van der Waals surface area (Å²) in [7, 11) is 0. The number of hydrogen-bond donors (Lipinski definition) is 1. The summed E-state index contributed by atoms with van der Waals surface area (Å²) >= 11 is 3.46. The van der Waals surface area contributed by atoms with Gasteiger partial charge in [0.05, 0.1) is 12.7 Å². The molecule has 0 saturated carbocycles. The van der Waals surface area contributed by atoms with Gasteiger partial charge in [0.2, 0.25) is 0 Å². The largest absolute Gasteiger partial charge is 0.491 e. The van der Waals surface area contributed by atoms with Crippen LogP contribution in [0.2, 0.25) is 0 Å². The first-order chi connectivity index (χ1) is 13.1. The van der Waals surface area contributed by atoms with Crippen LogP contribution >= 0.6 is 15.9 Å². The number of morpholine rings is 1. The summed E-state index contributed by atoms with van der Waals surface area (Å²) in [5.41, 5.74) is 2.48. The van der Waals surface area contributed by atoms with Crippen LogP contribution in [0.1, 0.15) is 30.6 Å². The first-order valence-corrected chi connectivity index (χ1v) is 10.4. The molecule has 0 bridgehead atoms. The van der Waals surface area contributed by atoms with Gasteiger partial charge in [-0.2, -0.15) is 0 Å². The van der Waals surface area contributed by atoms with Crippen molar-refractivity contribution in [3.63, 3.8) is 0 Å². The number of nitrogens with zero attached hydrogens (tertiary/aromatic N) is 1. The predicted octanol–water partition coefficient (Wildman–Crippen LogP) is 4.21. The molecule has 2 unspecified atom stereocenters. The van der Waals surface area contributed by atoms with E-state index in [1.807, 2.05) is 24.3 Å². The fourth-order valence-electron chi connectivity index (χ4n) is 3.33. The molecule has 1 fully saturated rings. The molecule has 2 atom stereocenters. The maximum atomic E-state index is 10.4. The van der Waals surface area contributed by atoms with Gasteiger partial charge in [-0.3, -0.25) is 4.90 Å². The van der Waals surface area contributed by atoms with Crippen molar-refractivity contribution >= 4 is 15.9 Å². The molecule has 0 radical (unpaired) electrons. The second kappa shape index (κ2) is 10.2. The topological polar surface area (TPSA) is 41.9 Å². The average molecular weight is 434 g/mol. The van der Waals surface area contributed by atoms with E-state index >= 15 is 0 Å². The van der Waals surface area contributed by atoms with Crippen LogP contribution in [-0.4, -0.2) is 49.0 Å². The number of halogens is 1. The third-order valence-corrected chi connectivity index (χ3v) is 5.29. The van der Waals surface area contributed by atoms with Crippen molar-refractivity contribution in [2.75, 3.05) is 32.8 Å². The average Bonchev–Trinajstić information content (AvgIpc) is 2.68. The molecule has 2 aromatic carbocycles. The van der Waals surface area contributed by atoms with Crippen molar-refractivity contribution in [1.29, 1.82) is 0 Å². The Morgan fingerprint density at radius 3 is 2.63 bits per heavy atom. The summed E-state index contributed by atoms with van der Waals surface area (Å²) in [6, 6.07) is 16.4. The molecule has 27 heavy (non-hydrogen) atoms. The van der Waals surface area contributed by atoms with Crippen LogP contribution in [0.5, 0.6) is 5.75 Å². The first-order valence-electron chi connectivity index (χ1n) is 9.63. The van der Waals surface area contributed by atoms with E-state index < -0.39 is 6.10 Å². The summed E-state index contributed by atoms with van der Waals surface area (Å²) in [4.78, 5) is 2.24. The molecule has 3 rings (SSSR count). The van der Waals surface area contributed by atoms with Crippen molar-refractivity contribution in [3.8, 4) is 5.75 Å². The molecule has 5 heteroatoms. The third-order valence-electron chi connectivity index (χ3n) is 4.77. The van der Waals surface area contributed by atoms with Crippen molar-refractivity contribution in [2.45, 2.75) is 32.0 Å². The summed E-state index contributed by atoms with van der Waals surface area (Å²) in [6.45, 7) is 5.35. The van der Waals surface area contributed by atoms with Crippen LogP contribution in [0.4, 0.5) is 0 Å². The Kier molecular flexibility index (Phi) is 7.70. The molecule has 1 heterocycles. The van der Waals surface area contributed by atoms with E-state index in [0.717, 1.165) is 36.2 Å². The minimum absolute atomic E-state index is 0.0473. The lowest BCUT2D eigenvalue weighted by atomic mass is 10.1. The smallest absolute Gasteiger partial charge is 0.119 e. The van der Waals surface area contributed by atoms with Crippen molar-refractivity contribution < 1.29 is 14.6 Å². The van der Waals surface area contributed by atoms with E-state index in [9.17, 15) is 5.11 Å². The zero-order chi connectivity index (χ0) is 19.1. The van der Waals surface area contributed by atoms with Gasteiger partial charge in [0, 0.05) is 24.1 Å². The predicted molar refractivity (Wildman–Crippen MR) is 111 cm³/mol. The molecule has 1 aliphatic rings. The maximum absolute atomic E-state index is 10.4. The van der Waals surface area contributed by atoms with Gasteiger partial charge in [-0.15, -0.1) is 0 Å². The maximum Gasteiger partial charge on any atom is 0.119 e. The van der Waals surface area contributed by atoms with Gasteiger partial charge in [0.1, 0.15) is 18.5 Å². The molecular formula is C22H28BrNO3. The number of ether oxygens (including phenoxy) is 2. The highest BCUT2D eigenvalue weighted by Gasteiger charge is 2.23. The van der Waals surface area contributed by atoms with E-state index in [1.165, 1.54) is 11.1 Å². The molecule has 0 aromatic heterocycles. The Balaban J connectivity index is 1.45. The second-order valence-electron chi connectivity index (χ2n) is 7.03. The van der Waals surface area contributed by atoms with Crippen molar-refractivity contribution in [3.05, 3.63) is 64.1 Å². The van der Waals surface area contributed by atoms with Gasteiger partial charge in [0.25, 0.3) is 0 Å². The Bertz CT molecular complexity index is 690. The summed E-state index contributed by atoms with van der Waals surface area (Å²) < 4.78 is 12.7. The van der Waals surface area contributed by atoms with Crippen LogP contribution in [0.15, 0.2) is 53.0 Å². The van der Waals surface area contributed by atoms with Gasteiger partial charge in [-0.1, -0.05) is 53.5 Å². The molecule has 146 valence electrons. The Labute approximate surface area is 170 Å². The number of aryl methyl sites for hydroxylation is 1. The summed E-state index contributed by atoms with van der Waals surface area (Å²) in [6.07, 6.45) is 1.74. The van der Waals surface area contributed by atoms with Crippen molar-refractivity contribution in [2.24, 2.45) is 0 Å². The first kappa shape index (κ1) is 20.3. The number of aliphatic hydroxyl groups is 1. The number of hydrogen-bond acceptors (Lipinski definition) is 4. The van der Waals surface area contributed by atoms with E-state index in [4.69, 9.17) is 9.47 Å². The highest BCUT2D eigenvalue weighted by Crippen LogP contribution is 2.24. The second-order valence-corrected chi connectivity index (χ2v) is 7.95. The normalized spacial score (nSPS) is 19.0. The highest BCUT2D eigenvalue weighted by molar-refractivity contribution is 9.10. The standard InChI is InChI=1S/C22H28BrNO3/c1-2-3-17-4-10-21(11-5-17)27-16-20(25)14-24-12-13-26-22(15-24)18-6-8-19(23)9-7-18/h4-11,20,22,25H,2-3,12-16H2,1H3. The van der Waals surface area contributed by atoms with E-state index in [1.54, 1.807) is 0 Å². The van der Waals surface area contributed by atoms with E-state index in [2.05, 4.69) is 52.0 Å². The van der Waals surface area contributed by atoms with E-state index in [-0.39, 0.29) is 6.10 Å². The quantitative estimate of drug-likeness (QED) is 0.676. The minimum atomic E-state index is -0.524. The van der Waals surface area contributed by atoms with Crippen LogP contribution in [0.3, 0.4) is 0 Å². The Morgan fingerprint density at radius 1 is 1.19 bits per heavy atom. The molecule has 0 spiro atoms. The molecular weight excluding hydrogens is 406 g/mol. The fraction of sp³-hybridized carbons (Fsp3) is 0.455. The highest BCUT2D eigenvalue weighted by atomic mass is 79.9. The molecule has 1 saturated heterocycles. The molecule has 4 nitrogen and oxygen atoms in total. The van der Waals surface area contributed by atoms with Crippen LogP contribution < -0.4 is 4.74 Å².